The lowest BCUT2D eigenvalue weighted by Crippen LogP contribution is -2.50. The molecule has 7 heteroatoms. The Kier molecular flexibility index (Phi) is 8.35. The third-order valence-corrected chi connectivity index (χ3v) is 6.36. The smallest absolute Gasteiger partial charge is 0.244 e. The molecule has 1 atom stereocenters. The van der Waals surface area contributed by atoms with Crippen LogP contribution in [-0.4, -0.2) is 39.8 Å². The van der Waals surface area contributed by atoms with Crippen LogP contribution in [0.5, 0.6) is 5.75 Å². The maximum absolute atomic E-state index is 12.9. The van der Waals surface area contributed by atoms with Crippen molar-refractivity contribution in [3.63, 3.8) is 0 Å². The summed E-state index contributed by atoms with van der Waals surface area (Å²) in [6.45, 7) is 12.6. The first-order chi connectivity index (χ1) is 14.8. The summed E-state index contributed by atoms with van der Waals surface area (Å²) in [5.41, 5.74) is 3.67. The van der Waals surface area contributed by atoms with E-state index in [1.165, 1.54) is 9.87 Å². The summed E-state index contributed by atoms with van der Waals surface area (Å²) < 4.78 is 32.1. The number of sulfonamides is 1. The van der Waals surface area contributed by atoms with Gasteiger partial charge in [-0.15, -0.1) is 0 Å². The lowest BCUT2D eigenvalue weighted by Gasteiger charge is -2.30. The highest BCUT2D eigenvalue weighted by molar-refractivity contribution is 7.92. The molecule has 0 fully saturated rings. The topological polar surface area (TPSA) is 75.7 Å². The van der Waals surface area contributed by atoms with Crippen LogP contribution in [0.15, 0.2) is 42.5 Å². The van der Waals surface area contributed by atoms with E-state index in [9.17, 15) is 13.2 Å². The molecule has 0 unspecified atom stereocenters. The first-order valence-electron chi connectivity index (χ1n) is 10.9. The summed E-state index contributed by atoms with van der Waals surface area (Å²) in [5, 5.41) is 2.82. The van der Waals surface area contributed by atoms with Gasteiger partial charge in [0, 0.05) is 0 Å². The number of hydrogen-bond donors (Lipinski definition) is 1. The van der Waals surface area contributed by atoms with E-state index in [1.807, 2.05) is 44.2 Å². The van der Waals surface area contributed by atoms with Gasteiger partial charge in [0.15, 0.2) is 0 Å². The normalized spacial score (nSPS) is 12.8. The van der Waals surface area contributed by atoms with E-state index in [0.717, 1.165) is 23.1 Å². The number of benzene rings is 2. The van der Waals surface area contributed by atoms with Crippen LogP contribution in [0.2, 0.25) is 0 Å². The second-order valence-electron chi connectivity index (χ2n) is 9.24. The van der Waals surface area contributed by atoms with Crippen LogP contribution in [0.3, 0.4) is 0 Å². The number of ether oxygens (including phenoxy) is 1. The van der Waals surface area contributed by atoms with Gasteiger partial charge in [0.25, 0.3) is 0 Å². The number of aryl methyl sites for hydroxylation is 2. The van der Waals surface area contributed by atoms with Crippen LogP contribution in [-0.2, 0) is 20.2 Å². The molecule has 0 saturated heterocycles. The quantitative estimate of drug-likeness (QED) is 0.565. The summed E-state index contributed by atoms with van der Waals surface area (Å²) >= 11 is 0. The largest absolute Gasteiger partial charge is 0.492 e. The van der Waals surface area contributed by atoms with E-state index in [-0.39, 0.29) is 17.9 Å². The molecular weight excluding hydrogens is 424 g/mol. The number of hydrogen-bond acceptors (Lipinski definition) is 4. The lowest BCUT2D eigenvalue weighted by molar-refractivity contribution is -0.122. The Morgan fingerprint density at radius 1 is 1.06 bits per heavy atom. The van der Waals surface area contributed by atoms with Crippen LogP contribution in [0.1, 0.15) is 50.8 Å². The summed E-state index contributed by atoms with van der Waals surface area (Å²) in [7, 11) is -3.66. The fraction of sp³-hybridized carbons (Fsp3) is 0.480. The number of carbonyl (C=O) groups excluding carboxylic acids is 1. The molecule has 0 aliphatic heterocycles. The average Bonchev–Trinajstić information content (AvgIpc) is 2.67. The molecule has 0 radical (unpaired) electrons. The van der Waals surface area contributed by atoms with Gasteiger partial charge in [0.2, 0.25) is 15.9 Å². The Balaban J connectivity index is 2.04. The van der Waals surface area contributed by atoms with Gasteiger partial charge in [-0.05, 0) is 66.6 Å². The molecule has 0 bridgehead atoms. The number of amides is 1. The first kappa shape index (κ1) is 25.7. The van der Waals surface area contributed by atoms with E-state index < -0.39 is 16.1 Å². The van der Waals surface area contributed by atoms with Crippen molar-refractivity contribution in [1.29, 1.82) is 0 Å². The summed E-state index contributed by atoms with van der Waals surface area (Å²) in [6.07, 6.45) is 1.48. The molecule has 6 nitrogen and oxygen atoms in total. The second-order valence-corrected chi connectivity index (χ2v) is 11.1. The predicted octanol–water partition coefficient (Wildman–Crippen LogP) is 4.34. The van der Waals surface area contributed by atoms with Crippen LogP contribution in [0.4, 0.5) is 5.69 Å². The summed E-state index contributed by atoms with van der Waals surface area (Å²) in [6, 6.07) is 12.6. The zero-order chi connectivity index (χ0) is 24.1. The van der Waals surface area contributed by atoms with E-state index in [2.05, 4.69) is 26.1 Å². The zero-order valence-electron chi connectivity index (χ0n) is 20.2. The van der Waals surface area contributed by atoms with Gasteiger partial charge in [0.05, 0.1) is 18.5 Å². The Hall–Kier alpha value is -2.54. The Morgan fingerprint density at radius 2 is 1.62 bits per heavy atom. The number of rotatable bonds is 9. The Morgan fingerprint density at radius 3 is 2.09 bits per heavy atom. The second kappa shape index (κ2) is 10.4. The number of nitrogens with zero attached hydrogens (tertiary/aromatic N) is 1. The van der Waals surface area contributed by atoms with Crippen LogP contribution >= 0.6 is 0 Å². The van der Waals surface area contributed by atoms with Gasteiger partial charge in [-0.3, -0.25) is 9.10 Å². The van der Waals surface area contributed by atoms with Crippen molar-refractivity contribution in [3.05, 3.63) is 59.2 Å². The molecule has 2 aromatic rings. The standard InChI is InChI=1S/C25H36N2O4S/c1-8-23(27(32(7,29)30)21-16-18(2)15-19(3)17-21)24(28)26-13-14-31-22-11-9-20(10-12-22)25(4,5)6/h9-12,15-17,23H,8,13-14H2,1-7H3,(H,26,28)/t23-/m1/s1. The van der Waals surface area contributed by atoms with E-state index in [0.29, 0.717) is 18.7 Å². The number of anilines is 1. The van der Waals surface area contributed by atoms with Crippen molar-refractivity contribution >= 4 is 21.6 Å². The third kappa shape index (κ3) is 6.99. The first-order valence-corrected chi connectivity index (χ1v) is 12.8. The van der Waals surface area contributed by atoms with E-state index in [4.69, 9.17) is 4.74 Å². The maximum atomic E-state index is 12.9. The Bertz CT molecular complexity index is 1000. The fourth-order valence-corrected chi connectivity index (χ4v) is 4.85. The average molecular weight is 461 g/mol. The van der Waals surface area contributed by atoms with Crippen molar-refractivity contribution in [2.24, 2.45) is 0 Å². The third-order valence-electron chi connectivity index (χ3n) is 5.18. The minimum absolute atomic E-state index is 0.0724. The molecular formula is C25H36N2O4S. The van der Waals surface area contributed by atoms with Gasteiger partial charge in [0.1, 0.15) is 18.4 Å². The molecule has 0 aliphatic rings. The van der Waals surface area contributed by atoms with Crippen LogP contribution < -0.4 is 14.4 Å². The zero-order valence-corrected chi connectivity index (χ0v) is 21.0. The molecule has 0 heterocycles. The molecule has 1 amide bonds. The van der Waals surface area contributed by atoms with E-state index in [1.54, 1.807) is 19.1 Å². The van der Waals surface area contributed by atoms with Gasteiger partial charge in [-0.25, -0.2) is 8.42 Å². The SMILES string of the molecule is CC[C@H](C(=O)NCCOc1ccc(C(C)(C)C)cc1)N(c1cc(C)cc(C)c1)S(C)(=O)=O. The monoisotopic (exact) mass is 460 g/mol. The molecule has 0 saturated carbocycles. The fourth-order valence-electron chi connectivity index (χ4n) is 3.65. The molecule has 2 aromatic carbocycles. The molecule has 1 N–H and O–H groups in total. The van der Waals surface area contributed by atoms with E-state index >= 15 is 0 Å². The molecule has 2 rings (SSSR count). The molecule has 176 valence electrons. The molecule has 0 aromatic heterocycles. The number of carbonyl (C=O) groups is 1. The minimum Gasteiger partial charge on any atom is -0.492 e. The maximum Gasteiger partial charge on any atom is 0.244 e. The van der Waals surface area contributed by atoms with Crippen molar-refractivity contribution in [1.82, 2.24) is 5.32 Å². The van der Waals surface area contributed by atoms with Crippen molar-refractivity contribution in [3.8, 4) is 5.75 Å². The lowest BCUT2D eigenvalue weighted by atomic mass is 9.87. The van der Waals surface area contributed by atoms with Crippen LogP contribution in [0.25, 0.3) is 0 Å². The van der Waals surface area contributed by atoms with Crippen LogP contribution in [0, 0.1) is 13.8 Å². The molecule has 32 heavy (non-hydrogen) atoms. The van der Waals surface area contributed by atoms with Gasteiger partial charge in [-0.2, -0.15) is 0 Å². The summed E-state index contributed by atoms with van der Waals surface area (Å²) in [5.74, 6) is 0.385. The van der Waals surface area contributed by atoms with Gasteiger partial charge < -0.3 is 10.1 Å². The van der Waals surface area contributed by atoms with Crippen molar-refractivity contribution < 1.29 is 17.9 Å². The number of nitrogens with one attached hydrogen (secondary N) is 1. The molecule has 0 aliphatic carbocycles. The predicted molar refractivity (Wildman–Crippen MR) is 131 cm³/mol. The minimum atomic E-state index is -3.66. The van der Waals surface area contributed by atoms with Gasteiger partial charge in [-0.1, -0.05) is 45.9 Å². The highest BCUT2D eigenvalue weighted by atomic mass is 32.2. The highest BCUT2D eigenvalue weighted by Crippen LogP contribution is 2.26. The Labute approximate surface area is 193 Å². The molecule has 0 spiro atoms. The van der Waals surface area contributed by atoms with Gasteiger partial charge >= 0.3 is 0 Å². The highest BCUT2D eigenvalue weighted by Gasteiger charge is 2.31. The van der Waals surface area contributed by atoms with Crippen molar-refractivity contribution in [2.75, 3.05) is 23.7 Å². The van der Waals surface area contributed by atoms with Crippen molar-refractivity contribution in [2.45, 2.75) is 59.4 Å². The summed E-state index contributed by atoms with van der Waals surface area (Å²) in [4.78, 5) is 12.9.